The van der Waals surface area contributed by atoms with Crippen molar-refractivity contribution in [1.29, 1.82) is 5.26 Å². The van der Waals surface area contributed by atoms with Crippen LogP contribution < -0.4 is 4.74 Å². The van der Waals surface area contributed by atoms with Crippen molar-refractivity contribution in [3.8, 4) is 11.8 Å². The molecule has 3 heteroatoms. The van der Waals surface area contributed by atoms with Gasteiger partial charge in [0, 0.05) is 0 Å². The highest BCUT2D eigenvalue weighted by atomic mass is 35.5. The molecule has 90 valence electrons. The first-order valence-electron chi connectivity index (χ1n) is 5.57. The van der Waals surface area contributed by atoms with Gasteiger partial charge in [-0.15, -0.1) is 0 Å². The van der Waals surface area contributed by atoms with Gasteiger partial charge < -0.3 is 4.74 Å². The minimum absolute atomic E-state index is 0.446. The van der Waals surface area contributed by atoms with E-state index in [4.69, 9.17) is 21.6 Å². The van der Waals surface area contributed by atoms with Gasteiger partial charge in [0.2, 0.25) is 0 Å². The van der Waals surface area contributed by atoms with Gasteiger partial charge in [-0.2, -0.15) is 5.26 Å². The molecule has 2 nitrogen and oxygen atoms in total. The molecule has 2 aromatic rings. The molecule has 0 bridgehead atoms. The van der Waals surface area contributed by atoms with Gasteiger partial charge in [0.05, 0.1) is 16.7 Å². The van der Waals surface area contributed by atoms with Crippen LogP contribution in [-0.4, -0.2) is 0 Å². The van der Waals surface area contributed by atoms with Crippen LogP contribution in [0.25, 0.3) is 0 Å². The Morgan fingerprint density at radius 2 is 2.00 bits per heavy atom. The van der Waals surface area contributed by atoms with Crippen LogP contribution in [0.3, 0.4) is 0 Å². The number of halogens is 1. The third kappa shape index (κ3) is 2.82. The number of aryl methyl sites for hydroxylation is 1. The topological polar surface area (TPSA) is 33.0 Å². The molecule has 0 aliphatic carbocycles. The van der Waals surface area contributed by atoms with E-state index in [2.05, 4.69) is 6.07 Å². The van der Waals surface area contributed by atoms with Crippen molar-refractivity contribution in [3.63, 3.8) is 0 Å². The number of nitriles is 1. The van der Waals surface area contributed by atoms with Crippen LogP contribution in [0.2, 0.25) is 5.02 Å². The van der Waals surface area contributed by atoms with E-state index in [9.17, 15) is 0 Å². The number of hydrogen-bond donors (Lipinski definition) is 0. The Balaban J connectivity index is 2.12. The van der Waals surface area contributed by atoms with E-state index in [0.717, 1.165) is 11.1 Å². The second kappa shape index (κ2) is 5.57. The summed E-state index contributed by atoms with van der Waals surface area (Å²) in [5, 5.41) is 9.40. The lowest BCUT2D eigenvalue weighted by molar-refractivity contribution is 0.305. The fourth-order valence-electron chi connectivity index (χ4n) is 1.64. The number of rotatable bonds is 3. The lowest BCUT2D eigenvalue weighted by atomic mass is 10.1. The lowest BCUT2D eigenvalue weighted by Crippen LogP contribution is -1.98. The quantitative estimate of drug-likeness (QED) is 0.829. The summed E-state index contributed by atoms with van der Waals surface area (Å²) in [6.07, 6.45) is 0. The molecule has 0 atom stereocenters. The smallest absolute Gasteiger partial charge is 0.138 e. The van der Waals surface area contributed by atoms with Crippen molar-refractivity contribution in [1.82, 2.24) is 0 Å². The molecule has 0 N–H and O–H groups in total. The minimum Gasteiger partial charge on any atom is -0.487 e. The van der Waals surface area contributed by atoms with Crippen LogP contribution in [0.15, 0.2) is 42.5 Å². The standard InChI is InChI=1S/C15H12ClNO/c1-11-8-12(9-17)6-7-13(11)10-18-15-5-3-2-4-14(15)16/h2-8H,10H2,1H3. The summed E-state index contributed by atoms with van der Waals surface area (Å²) in [5.41, 5.74) is 2.75. The molecule has 0 aliphatic heterocycles. The fraction of sp³-hybridized carbons (Fsp3) is 0.133. The second-order valence-electron chi connectivity index (χ2n) is 3.97. The Kier molecular flexibility index (Phi) is 3.86. The molecule has 0 amide bonds. The molecular weight excluding hydrogens is 246 g/mol. The maximum atomic E-state index is 8.80. The zero-order chi connectivity index (χ0) is 13.0. The molecule has 0 saturated carbocycles. The predicted octanol–water partition coefficient (Wildman–Crippen LogP) is 4.10. The van der Waals surface area contributed by atoms with E-state index in [1.165, 1.54) is 0 Å². The second-order valence-corrected chi connectivity index (χ2v) is 4.38. The zero-order valence-corrected chi connectivity index (χ0v) is 10.7. The highest BCUT2D eigenvalue weighted by Crippen LogP contribution is 2.24. The summed E-state index contributed by atoms with van der Waals surface area (Å²) in [6, 6.07) is 15.0. The normalized spacial score (nSPS) is 9.83. The molecule has 0 radical (unpaired) electrons. The molecule has 0 spiro atoms. The van der Waals surface area contributed by atoms with E-state index in [0.29, 0.717) is 22.9 Å². The van der Waals surface area contributed by atoms with Gasteiger partial charge in [0.25, 0.3) is 0 Å². The minimum atomic E-state index is 0.446. The average Bonchev–Trinajstić information content (AvgIpc) is 2.39. The predicted molar refractivity (Wildman–Crippen MR) is 71.7 cm³/mol. The van der Waals surface area contributed by atoms with E-state index >= 15 is 0 Å². The first-order chi connectivity index (χ1) is 8.70. The lowest BCUT2D eigenvalue weighted by Gasteiger charge is -2.10. The molecule has 0 fully saturated rings. The van der Waals surface area contributed by atoms with Crippen LogP contribution in [0.5, 0.6) is 5.75 Å². The molecule has 2 rings (SSSR count). The highest BCUT2D eigenvalue weighted by Gasteiger charge is 2.03. The Labute approximate surface area is 111 Å². The molecule has 2 aromatic carbocycles. The maximum Gasteiger partial charge on any atom is 0.138 e. The molecule has 0 aromatic heterocycles. The first-order valence-corrected chi connectivity index (χ1v) is 5.95. The summed E-state index contributed by atoms with van der Waals surface area (Å²) in [4.78, 5) is 0. The summed E-state index contributed by atoms with van der Waals surface area (Å²) in [5.74, 6) is 0.669. The van der Waals surface area contributed by atoms with E-state index in [1.54, 1.807) is 12.1 Å². The summed E-state index contributed by atoms with van der Waals surface area (Å²) >= 11 is 6.01. The van der Waals surface area contributed by atoms with Crippen molar-refractivity contribution in [2.45, 2.75) is 13.5 Å². The molecule has 0 aliphatic rings. The van der Waals surface area contributed by atoms with Crippen molar-refractivity contribution in [2.75, 3.05) is 0 Å². The van der Waals surface area contributed by atoms with Crippen molar-refractivity contribution >= 4 is 11.6 Å². The SMILES string of the molecule is Cc1cc(C#N)ccc1COc1ccccc1Cl. The van der Waals surface area contributed by atoms with Gasteiger partial charge in [-0.1, -0.05) is 29.8 Å². The van der Waals surface area contributed by atoms with Crippen molar-refractivity contribution < 1.29 is 4.74 Å². The fourth-order valence-corrected chi connectivity index (χ4v) is 1.83. The Morgan fingerprint density at radius 1 is 1.22 bits per heavy atom. The number of hydrogen-bond acceptors (Lipinski definition) is 2. The maximum absolute atomic E-state index is 8.80. The average molecular weight is 258 g/mol. The molecule has 18 heavy (non-hydrogen) atoms. The van der Waals surface area contributed by atoms with Crippen molar-refractivity contribution in [2.24, 2.45) is 0 Å². The Morgan fingerprint density at radius 3 is 2.67 bits per heavy atom. The van der Waals surface area contributed by atoms with Gasteiger partial charge in [-0.05, 0) is 42.3 Å². The number of benzene rings is 2. The summed E-state index contributed by atoms with van der Waals surface area (Å²) in [6.45, 7) is 2.41. The van der Waals surface area contributed by atoms with Gasteiger partial charge in [0.15, 0.2) is 0 Å². The van der Waals surface area contributed by atoms with Crippen molar-refractivity contribution in [3.05, 3.63) is 64.2 Å². The third-order valence-corrected chi connectivity index (χ3v) is 3.00. The highest BCUT2D eigenvalue weighted by molar-refractivity contribution is 6.32. The number of ether oxygens (including phenoxy) is 1. The third-order valence-electron chi connectivity index (χ3n) is 2.69. The molecular formula is C15H12ClNO. The molecule has 0 heterocycles. The van der Waals surface area contributed by atoms with Crippen LogP contribution in [0, 0.1) is 18.3 Å². The van der Waals surface area contributed by atoms with Crippen LogP contribution in [0.1, 0.15) is 16.7 Å². The number of para-hydroxylation sites is 1. The number of nitrogens with zero attached hydrogens (tertiary/aromatic N) is 1. The van der Waals surface area contributed by atoms with E-state index in [1.807, 2.05) is 37.3 Å². The van der Waals surface area contributed by atoms with Gasteiger partial charge in [0.1, 0.15) is 12.4 Å². The van der Waals surface area contributed by atoms with Gasteiger partial charge in [-0.25, -0.2) is 0 Å². The first kappa shape index (κ1) is 12.5. The largest absolute Gasteiger partial charge is 0.487 e. The summed E-state index contributed by atoms with van der Waals surface area (Å²) < 4.78 is 5.66. The molecule has 0 unspecified atom stereocenters. The van der Waals surface area contributed by atoms with E-state index < -0.39 is 0 Å². The zero-order valence-electron chi connectivity index (χ0n) is 9.98. The Bertz CT molecular complexity index is 602. The summed E-state index contributed by atoms with van der Waals surface area (Å²) in [7, 11) is 0. The van der Waals surface area contributed by atoms with Crippen LogP contribution >= 0.6 is 11.6 Å². The van der Waals surface area contributed by atoms with Crippen LogP contribution in [-0.2, 0) is 6.61 Å². The monoisotopic (exact) mass is 257 g/mol. The van der Waals surface area contributed by atoms with Gasteiger partial charge >= 0.3 is 0 Å². The Hall–Kier alpha value is -1.98. The van der Waals surface area contributed by atoms with Gasteiger partial charge in [-0.3, -0.25) is 0 Å². The molecule has 0 saturated heterocycles. The van der Waals surface area contributed by atoms with Crippen LogP contribution in [0.4, 0.5) is 0 Å². The van der Waals surface area contributed by atoms with E-state index in [-0.39, 0.29) is 0 Å².